The summed E-state index contributed by atoms with van der Waals surface area (Å²) in [5.74, 6) is -0.780. The second-order valence-electron chi connectivity index (χ2n) is 4.79. The summed E-state index contributed by atoms with van der Waals surface area (Å²) in [5.41, 5.74) is 2.17. The van der Waals surface area contributed by atoms with Crippen molar-refractivity contribution in [3.05, 3.63) is 51.5 Å². The number of carboxylic acids is 1. The number of aromatic nitrogens is 1. The van der Waals surface area contributed by atoms with Crippen LogP contribution in [0.3, 0.4) is 0 Å². The van der Waals surface area contributed by atoms with Crippen molar-refractivity contribution in [3.63, 3.8) is 0 Å². The van der Waals surface area contributed by atoms with E-state index in [1.165, 1.54) is 5.56 Å². The molecule has 21 heavy (non-hydrogen) atoms. The monoisotopic (exact) mass is 305 g/mol. The van der Waals surface area contributed by atoms with E-state index >= 15 is 0 Å². The van der Waals surface area contributed by atoms with Crippen LogP contribution in [0.15, 0.2) is 30.3 Å². The van der Waals surface area contributed by atoms with Crippen molar-refractivity contribution in [1.82, 2.24) is 4.98 Å². The number of carboxylic acid groups (broad SMARTS) is 1. The first-order valence-electron chi connectivity index (χ1n) is 6.91. The maximum atomic E-state index is 10.7. The van der Waals surface area contributed by atoms with Crippen LogP contribution in [0, 0.1) is 0 Å². The van der Waals surface area contributed by atoms with Gasteiger partial charge in [-0.25, -0.2) is 4.98 Å². The van der Waals surface area contributed by atoms with Crippen molar-refractivity contribution in [2.75, 3.05) is 7.11 Å². The van der Waals surface area contributed by atoms with Crippen LogP contribution in [0.1, 0.15) is 27.6 Å². The third-order valence-corrected chi connectivity index (χ3v) is 4.36. The molecule has 0 saturated carbocycles. The normalized spacial score (nSPS) is 10.7. The van der Waals surface area contributed by atoms with E-state index in [2.05, 4.69) is 17.1 Å². The summed E-state index contributed by atoms with van der Waals surface area (Å²) < 4.78 is 5.15. The summed E-state index contributed by atoms with van der Waals surface area (Å²) in [5, 5.41) is 9.85. The molecule has 2 rings (SSSR count). The molecule has 0 unspecified atom stereocenters. The van der Waals surface area contributed by atoms with Crippen LogP contribution in [0.5, 0.6) is 0 Å². The van der Waals surface area contributed by atoms with E-state index in [9.17, 15) is 4.79 Å². The largest absolute Gasteiger partial charge is 0.481 e. The lowest BCUT2D eigenvalue weighted by molar-refractivity contribution is -0.136. The number of aryl methyl sites for hydroxylation is 3. The Hall–Kier alpha value is -1.72. The molecule has 0 aliphatic heterocycles. The molecule has 0 amide bonds. The molecule has 0 aliphatic rings. The lowest BCUT2D eigenvalue weighted by Crippen LogP contribution is -1.99. The number of thiazole rings is 1. The standard InChI is InChI=1S/C16H19NO3S/c1-20-11-13-14(8-10-16(18)19)21-15(17-13)9-7-12-5-3-2-4-6-12/h2-6H,7-11H2,1H3,(H,18,19). The van der Waals surface area contributed by atoms with Gasteiger partial charge in [0, 0.05) is 18.4 Å². The Morgan fingerprint density at radius 2 is 2.00 bits per heavy atom. The van der Waals surface area contributed by atoms with E-state index < -0.39 is 5.97 Å². The van der Waals surface area contributed by atoms with Crippen LogP contribution < -0.4 is 0 Å². The molecule has 2 aromatic rings. The van der Waals surface area contributed by atoms with Gasteiger partial charge in [0.15, 0.2) is 0 Å². The predicted molar refractivity (Wildman–Crippen MR) is 82.6 cm³/mol. The summed E-state index contributed by atoms with van der Waals surface area (Å²) in [4.78, 5) is 16.3. The van der Waals surface area contributed by atoms with Crippen molar-refractivity contribution in [3.8, 4) is 0 Å². The molecule has 4 nitrogen and oxygen atoms in total. The smallest absolute Gasteiger partial charge is 0.303 e. The third-order valence-electron chi connectivity index (χ3n) is 3.14. The molecule has 1 aromatic heterocycles. The second kappa shape index (κ2) is 7.90. The van der Waals surface area contributed by atoms with Gasteiger partial charge in [0.05, 0.1) is 23.7 Å². The van der Waals surface area contributed by atoms with E-state index in [4.69, 9.17) is 9.84 Å². The number of benzene rings is 1. The highest BCUT2D eigenvalue weighted by Crippen LogP contribution is 2.22. The Morgan fingerprint density at radius 1 is 1.24 bits per heavy atom. The van der Waals surface area contributed by atoms with E-state index in [0.717, 1.165) is 28.4 Å². The number of nitrogens with zero attached hydrogens (tertiary/aromatic N) is 1. The van der Waals surface area contributed by atoms with Gasteiger partial charge in [0.1, 0.15) is 0 Å². The maximum absolute atomic E-state index is 10.7. The highest BCUT2D eigenvalue weighted by atomic mass is 32.1. The van der Waals surface area contributed by atoms with Crippen LogP contribution in [0.2, 0.25) is 0 Å². The molecule has 0 spiro atoms. The Bertz CT molecular complexity index is 580. The molecule has 0 atom stereocenters. The van der Waals surface area contributed by atoms with E-state index in [0.29, 0.717) is 13.0 Å². The van der Waals surface area contributed by atoms with Crippen molar-refractivity contribution in [2.45, 2.75) is 32.3 Å². The summed E-state index contributed by atoms with van der Waals surface area (Å²) >= 11 is 1.61. The molecule has 112 valence electrons. The fourth-order valence-corrected chi connectivity index (χ4v) is 3.18. The van der Waals surface area contributed by atoms with E-state index in [1.807, 2.05) is 18.2 Å². The fourth-order valence-electron chi connectivity index (χ4n) is 2.10. The topological polar surface area (TPSA) is 59.4 Å². The Kier molecular flexibility index (Phi) is 5.90. The van der Waals surface area contributed by atoms with Gasteiger partial charge in [-0.3, -0.25) is 4.79 Å². The molecule has 1 N–H and O–H groups in total. The molecule has 5 heteroatoms. The van der Waals surface area contributed by atoms with Gasteiger partial charge < -0.3 is 9.84 Å². The summed E-state index contributed by atoms with van der Waals surface area (Å²) in [6, 6.07) is 10.3. The zero-order valence-electron chi connectivity index (χ0n) is 12.0. The van der Waals surface area contributed by atoms with E-state index in [-0.39, 0.29) is 6.42 Å². The summed E-state index contributed by atoms with van der Waals surface area (Å²) in [7, 11) is 1.63. The zero-order chi connectivity index (χ0) is 15.1. The number of carbonyl (C=O) groups is 1. The van der Waals surface area contributed by atoms with Crippen molar-refractivity contribution in [2.24, 2.45) is 0 Å². The minimum atomic E-state index is -0.780. The first kappa shape index (κ1) is 15.7. The van der Waals surface area contributed by atoms with Gasteiger partial charge in [0.25, 0.3) is 0 Å². The number of methoxy groups -OCH3 is 1. The minimum absolute atomic E-state index is 0.136. The first-order chi connectivity index (χ1) is 10.2. The number of rotatable bonds is 8. The number of ether oxygens (including phenoxy) is 1. The molecule has 0 aliphatic carbocycles. The SMILES string of the molecule is COCc1nc(CCc2ccccc2)sc1CCC(=O)O. The van der Waals surface area contributed by atoms with Crippen molar-refractivity contribution in [1.29, 1.82) is 0 Å². The lowest BCUT2D eigenvalue weighted by atomic mass is 10.1. The molecular formula is C16H19NO3S. The average Bonchev–Trinajstić information content (AvgIpc) is 2.87. The van der Waals surface area contributed by atoms with Gasteiger partial charge in [-0.1, -0.05) is 30.3 Å². The quantitative estimate of drug-likeness (QED) is 0.814. The number of hydrogen-bond acceptors (Lipinski definition) is 4. The first-order valence-corrected chi connectivity index (χ1v) is 7.73. The number of hydrogen-bond donors (Lipinski definition) is 1. The van der Waals surface area contributed by atoms with Crippen molar-refractivity contribution >= 4 is 17.3 Å². The van der Waals surface area contributed by atoms with E-state index in [1.54, 1.807) is 18.4 Å². The van der Waals surface area contributed by atoms with Gasteiger partial charge in [-0.2, -0.15) is 0 Å². The number of aliphatic carboxylic acids is 1. The molecule has 1 heterocycles. The molecule has 1 aromatic carbocycles. The lowest BCUT2D eigenvalue weighted by Gasteiger charge is -1.98. The van der Waals surface area contributed by atoms with Gasteiger partial charge in [-0.05, 0) is 18.4 Å². The van der Waals surface area contributed by atoms with Crippen molar-refractivity contribution < 1.29 is 14.6 Å². The fraction of sp³-hybridized carbons (Fsp3) is 0.375. The molecule has 0 radical (unpaired) electrons. The predicted octanol–water partition coefficient (Wildman–Crippen LogP) is 3.09. The molecule has 0 bridgehead atoms. The van der Waals surface area contributed by atoms with Crippen LogP contribution in [-0.2, 0) is 35.4 Å². The molecular weight excluding hydrogens is 286 g/mol. The second-order valence-corrected chi connectivity index (χ2v) is 5.96. The average molecular weight is 305 g/mol. The van der Waals surface area contributed by atoms with Gasteiger partial charge in [0.2, 0.25) is 0 Å². The Balaban J connectivity index is 2.02. The van der Waals surface area contributed by atoms with Gasteiger partial charge in [-0.15, -0.1) is 11.3 Å². The van der Waals surface area contributed by atoms with Crippen LogP contribution in [0.4, 0.5) is 0 Å². The highest BCUT2D eigenvalue weighted by molar-refractivity contribution is 7.11. The van der Waals surface area contributed by atoms with Crippen LogP contribution >= 0.6 is 11.3 Å². The summed E-state index contributed by atoms with van der Waals surface area (Å²) in [6.45, 7) is 0.441. The third kappa shape index (κ3) is 4.95. The molecule has 0 saturated heterocycles. The Labute approximate surface area is 128 Å². The van der Waals surface area contributed by atoms with Crippen LogP contribution in [-0.4, -0.2) is 23.2 Å². The van der Waals surface area contributed by atoms with Gasteiger partial charge >= 0.3 is 5.97 Å². The maximum Gasteiger partial charge on any atom is 0.303 e. The van der Waals surface area contributed by atoms with Crippen LogP contribution in [0.25, 0.3) is 0 Å². The Morgan fingerprint density at radius 3 is 2.67 bits per heavy atom. The summed E-state index contributed by atoms with van der Waals surface area (Å²) in [6.07, 6.45) is 2.48. The highest BCUT2D eigenvalue weighted by Gasteiger charge is 2.12. The zero-order valence-corrected chi connectivity index (χ0v) is 12.9. The molecule has 0 fully saturated rings. The minimum Gasteiger partial charge on any atom is -0.481 e.